The largest absolute Gasteiger partial charge is 0.322 e. The van der Waals surface area contributed by atoms with Gasteiger partial charge in [0.25, 0.3) is 5.91 Å². The number of hydrogen-bond donors (Lipinski definition) is 1. The minimum Gasteiger partial charge on any atom is -0.322 e. The smallest absolute Gasteiger partial charge is 0.255 e. The molecule has 3 aromatic carbocycles. The molecule has 0 aliphatic rings. The van der Waals surface area contributed by atoms with Gasteiger partial charge in [0.05, 0.1) is 11.9 Å². The number of rotatable bonds is 5. The van der Waals surface area contributed by atoms with Gasteiger partial charge in [0.15, 0.2) is 20.5 Å². The lowest BCUT2D eigenvalue weighted by Crippen LogP contribution is -2.11. The molecular formula is C26H20N4O3S. The first-order valence-corrected chi connectivity index (χ1v) is 12.4. The van der Waals surface area contributed by atoms with Crippen molar-refractivity contribution in [2.24, 2.45) is 0 Å². The number of fused-ring (bicyclic) bond motifs is 1. The molecule has 0 aliphatic heterocycles. The summed E-state index contributed by atoms with van der Waals surface area (Å²) in [7, 11) is -3.51. The van der Waals surface area contributed by atoms with Crippen LogP contribution in [0.5, 0.6) is 0 Å². The second kappa shape index (κ2) is 8.57. The van der Waals surface area contributed by atoms with Gasteiger partial charge in [-0.15, -0.1) is 0 Å². The first-order valence-electron chi connectivity index (χ1n) is 10.5. The van der Waals surface area contributed by atoms with Crippen LogP contribution < -0.4 is 5.32 Å². The van der Waals surface area contributed by atoms with Gasteiger partial charge >= 0.3 is 0 Å². The van der Waals surface area contributed by atoms with Crippen molar-refractivity contribution >= 4 is 27.1 Å². The highest BCUT2D eigenvalue weighted by Crippen LogP contribution is 2.25. The fourth-order valence-electron chi connectivity index (χ4n) is 3.74. The van der Waals surface area contributed by atoms with Crippen molar-refractivity contribution in [2.45, 2.75) is 5.03 Å². The van der Waals surface area contributed by atoms with Crippen molar-refractivity contribution in [3.05, 3.63) is 103 Å². The predicted molar refractivity (Wildman–Crippen MR) is 131 cm³/mol. The van der Waals surface area contributed by atoms with Crippen molar-refractivity contribution in [3.8, 4) is 22.4 Å². The maximum atomic E-state index is 12.7. The number of amides is 1. The summed E-state index contributed by atoms with van der Waals surface area (Å²) < 4.78 is 25.7. The molecule has 7 nitrogen and oxygen atoms in total. The molecule has 34 heavy (non-hydrogen) atoms. The van der Waals surface area contributed by atoms with Gasteiger partial charge in [-0.3, -0.25) is 9.20 Å². The van der Waals surface area contributed by atoms with E-state index in [-0.39, 0.29) is 16.6 Å². The molecular weight excluding hydrogens is 448 g/mol. The summed E-state index contributed by atoms with van der Waals surface area (Å²) in [4.78, 5) is 20.9. The number of nitrogens with one attached hydrogen (secondary N) is 1. The molecule has 5 aromatic rings. The highest BCUT2D eigenvalue weighted by Gasteiger charge is 2.18. The van der Waals surface area contributed by atoms with Crippen molar-refractivity contribution in [2.75, 3.05) is 11.6 Å². The number of imidazole rings is 1. The zero-order valence-electron chi connectivity index (χ0n) is 18.2. The lowest BCUT2D eigenvalue weighted by atomic mass is 10.1. The van der Waals surface area contributed by atoms with Crippen LogP contribution in [-0.2, 0) is 9.84 Å². The minimum absolute atomic E-state index is 0.0736. The van der Waals surface area contributed by atoms with E-state index in [0.717, 1.165) is 22.9 Å². The van der Waals surface area contributed by atoms with E-state index in [9.17, 15) is 13.2 Å². The van der Waals surface area contributed by atoms with Gasteiger partial charge in [0, 0.05) is 35.5 Å². The number of hydrogen-bond acceptors (Lipinski definition) is 5. The molecule has 0 fully saturated rings. The van der Waals surface area contributed by atoms with Crippen LogP contribution in [-0.4, -0.2) is 34.9 Å². The molecule has 0 radical (unpaired) electrons. The SMILES string of the molecule is CS(=O)(=O)c1nccn2c(-c3ccc(C(=O)Nc4ccc(-c5ccccc5)cc4)cc3)cnc12. The summed E-state index contributed by atoms with van der Waals surface area (Å²) in [6, 6.07) is 24.8. The number of anilines is 1. The standard InChI is InChI=1S/C26H20N4O3S/c1-34(32,33)26-24-28-17-23(30(24)16-15-27-26)20-7-9-21(10-8-20)25(31)29-22-13-11-19(12-14-22)18-5-3-2-4-6-18/h2-17H,1H3,(H,29,31). The number of sulfone groups is 1. The number of carbonyl (C=O) groups excluding carboxylic acids is 1. The Morgan fingerprint density at radius 1 is 0.824 bits per heavy atom. The summed E-state index contributed by atoms with van der Waals surface area (Å²) in [5.41, 5.74) is 5.15. The van der Waals surface area contributed by atoms with Crippen LogP contribution in [0, 0.1) is 0 Å². The Kier molecular flexibility index (Phi) is 5.43. The van der Waals surface area contributed by atoms with Gasteiger partial charge in [0.2, 0.25) is 0 Å². The summed E-state index contributed by atoms with van der Waals surface area (Å²) in [5.74, 6) is -0.222. The van der Waals surface area contributed by atoms with E-state index in [0.29, 0.717) is 16.9 Å². The Balaban J connectivity index is 1.35. The fourth-order valence-corrected chi connectivity index (χ4v) is 4.48. The Morgan fingerprint density at radius 3 is 2.15 bits per heavy atom. The van der Waals surface area contributed by atoms with Crippen molar-refractivity contribution in [1.29, 1.82) is 0 Å². The molecule has 0 saturated heterocycles. The topological polar surface area (TPSA) is 93.4 Å². The molecule has 0 atom stereocenters. The average Bonchev–Trinajstić information content (AvgIpc) is 3.29. The lowest BCUT2D eigenvalue weighted by Gasteiger charge is -2.08. The third kappa shape index (κ3) is 4.18. The van der Waals surface area contributed by atoms with Crippen LogP contribution in [0.2, 0.25) is 0 Å². The molecule has 1 N–H and O–H groups in total. The van der Waals surface area contributed by atoms with E-state index in [1.807, 2.05) is 54.6 Å². The summed E-state index contributed by atoms with van der Waals surface area (Å²) in [6.45, 7) is 0. The van der Waals surface area contributed by atoms with Crippen LogP contribution in [0.4, 0.5) is 5.69 Å². The number of aromatic nitrogens is 3. The number of nitrogens with zero attached hydrogens (tertiary/aromatic N) is 3. The highest BCUT2D eigenvalue weighted by molar-refractivity contribution is 7.90. The van der Waals surface area contributed by atoms with Crippen molar-refractivity contribution in [1.82, 2.24) is 14.4 Å². The first-order chi connectivity index (χ1) is 16.4. The lowest BCUT2D eigenvalue weighted by molar-refractivity contribution is 0.102. The van der Waals surface area contributed by atoms with Gasteiger partial charge in [-0.2, -0.15) is 0 Å². The molecule has 1 amide bonds. The molecule has 0 aliphatic carbocycles. The van der Waals surface area contributed by atoms with Crippen LogP contribution in [0.25, 0.3) is 28.0 Å². The predicted octanol–water partition coefficient (Wildman–Crippen LogP) is 4.72. The normalized spacial score (nSPS) is 11.4. The maximum absolute atomic E-state index is 12.7. The summed E-state index contributed by atoms with van der Waals surface area (Å²) in [5, 5.41) is 2.84. The first kappa shape index (κ1) is 21.5. The quantitative estimate of drug-likeness (QED) is 0.403. The molecule has 5 rings (SSSR count). The minimum atomic E-state index is -3.51. The monoisotopic (exact) mass is 468 g/mol. The average molecular weight is 469 g/mol. The molecule has 0 saturated carbocycles. The summed E-state index contributed by atoms with van der Waals surface area (Å²) >= 11 is 0. The number of benzene rings is 3. The van der Waals surface area contributed by atoms with E-state index in [2.05, 4.69) is 15.3 Å². The Bertz CT molecular complexity index is 1590. The fraction of sp³-hybridized carbons (Fsp3) is 0.0385. The van der Waals surface area contributed by atoms with Crippen molar-refractivity contribution in [3.63, 3.8) is 0 Å². The molecule has 8 heteroatoms. The Hall–Kier alpha value is -4.30. The highest BCUT2D eigenvalue weighted by atomic mass is 32.2. The summed E-state index contributed by atoms with van der Waals surface area (Å²) in [6.07, 6.45) is 5.78. The molecule has 168 valence electrons. The maximum Gasteiger partial charge on any atom is 0.255 e. The molecule has 0 bridgehead atoms. The molecule has 2 heterocycles. The van der Waals surface area contributed by atoms with E-state index >= 15 is 0 Å². The molecule has 0 unspecified atom stereocenters. The van der Waals surface area contributed by atoms with Crippen LogP contribution >= 0.6 is 0 Å². The molecule has 0 spiro atoms. The second-order valence-corrected chi connectivity index (χ2v) is 9.75. The molecule has 2 aromatic heterocycles. The van der Waals surface area contributed by atoms with Gasteiger partial charge in [-0.25, -0.2) is 18.4 Å². The third-order valence-electron chi connectivity index (χ3n) is 5.44. The van der Waals surface area contributed by atoms with Gasteiger partial charge in [-0.1, -0.05) is 54.6 Å². The van der Waals surface area contributed by atoms with Crippen LogP contribution in [0.1, 0.15) is 10.4 Å². The second-order valence-electron chi connectivity index (χ2n) is 7.82. The Labute approximate surface area is 196 Å². The van der Waals surface area contributed by atoms with Crippen LogP contribution in [0.15, 0.2) is 102 Å². The number of carbonyl (C=O) groups is 1. The van der Waals surface area contributed by atoms with E-state index < -0.39 is 9.84 Å². The van der Waals surface area contributed by atoms with Gasteiger partial charge in [0.1, 0.15) is 0 Å². The third-order valence-corrected chi connectivity index (χ3v) is 6.43. The zero-order chi connectivity index (χ0) is 23.7. The van der Waals surface area contributed by atoms with Gasteiger partial charge in [-0.05, 0) is 35.4 Å². The Morgan fingerprint density at radius 2 is 1.47 bits per heavy atom. The van der Waals surface area contributed by atoms with Crippen LogP contribution in [0.3, 0.4) is 0 Å². The van der Waals surface area contributed by atoms with Crippen molar-refractivity contribution < 1.29 is 13.2 Å². The van der Waals surface area contributed by atoms with Gasteiger partial charge < -0.3 is 5.32 Å². The van der Waals surface area contributed by atoms with E-state index in [4.69, 9.17) is 0 Å². The zero-order valence-corrected chi connectivity index (χ0v) is 19.0. The van der Waals surface area contributed by atoms with E-state index in [1.54, 1.807) is 41.1 Å². The van der Waals surface area contributed by atoms with E-state index in [1.165, 1.54) is 6.20 Å².